The van der Waals surface area contributed by atoms with Gasteiger partial charge in [0.2, 0.25) is 5.91 Å². The monoisotopic (exact) mass is 465 g/mol. The Morgan fingerprint density at radius 2 is 2.00 bits per heavy atom. The van der Waals surface area contributed by atoms with Crippen LogP contribution in [-0.4, -0.2) is 46.6 Å². The Balaban J connectivity index is 1.46. The maximum Gasteiger partial charge on any atom is 0.216 e. The third-order valence-electron chi connectivity index (χ3n) is 6.84. The van der Waals surface area contributed by atoms with Crippen molar-refractivity contribution in [1.29, 1.82) is 0 Å². The molecule has 0 aromatic heterocycles. The molecule has 1 fully saturated rings. The Kier molecular flexibility index (Phi) is 7.29. The van der Waals surface area contributed by atoms with Crippen molar-refractivity contribution in [3.63, 3.8) is 0 Å². The summed E-state index contributed by atoms with van der Waals surface area (Å²) in [6, 6.07) is 15.6. The average molecular weight is 466 g/mol. The predicted octanol–water partition coefficient (Wildman–Crippen LogP) is 3.76. The lowest BCUT2D eigenvalue weighted by Gasteiger charge is -2.30. The average Bonchev–Trinajstić information content (AvgIpc) is 3.30. The van der Waals surface area contributed by atoms with Crippen LogP contribution in [0, 0.1) is 5.92 Å². The molecule has 1 saturated carbocycles. The largest absolute Gasteiger partial charge is 0.489 e. The lowest BCUT2D eigenvalue weighted by molar-refractivity contribution is -0.118. The Morgan fingerprint density at radius 3 is 2.74 bits per heavy atom. The van der Waals surface area contributed by atoms with Crippen LogP contribution in [0.5, 0.6) is 11.5 Å². The van der Waals surface area contributed by atoms with E-state index in [0.29, 0.717) is 18.7 Å². The van der Waals surface area contributed by atoms with E-state index >= 15 is 0 Å². The first-order valence-corrected chi connectivity index (χ1v) is 12.1. The van der Waals surface area contributed by atoms with E-state index < -0.39 is 17.8 Å². The summed E-state index contributed by atoms with van der Waals surface area (Å²) >= 11 is 0. The number of aryl methyl sites for hydroxylation is 1. The minimum Gasteiger partial charge on any atom is -0.489 e. The number of amides is 1. The van der Waals surface area contributed by atoms with Gasteiger partial charge in [0.25, 0.3) is 0 Å². The second-order valence-corrected chi connectivity index (χ2v) is 9.83. The molecule has 1 heterocycles. The minimum absolute atomic E-state index is 0.0211. The Morgan fingerprint density at radius 1 is 1.24 bits per heavy atom. The van der Waals surface area contributed by atoms with E-state index in [4.69, 9.17) is 9.47 Å². The molecule has 1 aliphatic heterocycles. The highest BCUT2D eigenvalue weighted by Gasteiger charge is 2.49. The highest BCUT2D eigenvalue weighted by atomic mass is 16.5. The Hall–Kier alpha value is -2.83. The third kappa shape index (κ3) is 5.29. The van der Waals surface area contributed by atoms with Gasteiger partial charge < -0.3 is 25.0 Å². The number of para-hydroxylation sites is 2. The van der Waals surface area contributed by atoms with Gasteiger partial charge in [-0.3, -0.25) is 4.79 Å². The molecular formula is C28H35NO5. The van der Waals surface area contributed by atoms with Crippen molar-refractivity contribution in [2.24, 2.45) is 5.92 Å². The molecule has 0 unspecified atom stereocenters. The lowest BCUT2D eigenvalue weighted by atomic mass is 9.86. The highest BCUT2D eigenvalue weighted by molar-refractivity contribution is 5.72. The predicted molar refractivity (Wildman–Crippen MR) is 131 cm³/mol. The minimum atomic E-state index is -0.846. The molecule has 1 aliphatic carbocycles. The summed E-state index contributed by atoms with van der Waals surface area (Å²) in [7, 11) is 0. The fourth-order valence-electron chi connectivity index (χ4n) is 5.03. The van der Waals surface area contributed by atoms with Gasteiger partial charge in [0.15, 0.2) is 0 Å². The Bertz CT molecular complexity index is 1020. The molecule has 3 N–H and O–H groups in total. The van der Waals surface area contributed by atoms with Crippen LogP contribution in [0.4, 0.5) is 0 Å². The normalized spacial score (nSPS) is 24.4. The van der Waals surface area contributed by atoms with Crippen molar-refractivity contribution in [1.82, 2.24) is 5.32 Å². The first-order valence-electron chi connectivity index (χ1n) is 12.1. The molecule has 6 heteroatoms. The first-order chi connectivity index (χ1) is 16.3. The number of carbonyl (C=O) groups excluding carboxylic acids is 1. The van der Waals surface area contributed by atoms with Gasteiger partial charge in [-0.15, -0.1) is 0 Å². The van der Waals surface area contributed by atoms with Crippen LogP contribution in [-0.2, 0) is 11.2 Å². The van der Waals surface area contributed by atoms with Crippen molar-refractivity contribution in [2.45, 2.75) is 69.9 Å². The number of ether oxygens (including phenoxy) is 2. The number of aliphatic hydroxyl groups excluding tert-OH is 2. The van der Waals surface area contributed by atoms with E-state index in [2.05, 4.69) is 17.4 Å². The zero-order valence-electron chi connectivity index (χ0n) is 20.1. The molecule has 0 radical (unpaired) electrons. The first kappa shape index (κ1) is 24.3. The molecule has 2 aromatic carbocycles. The van der Waals surface area contributed by atoms with Gasteiger partial charge in [-0.2, -0.15) is 0 Å². The van der Waals surface area contributed by atoms with Gasteiger partial charge in [0.05, 0.1) is 6.10 Å². The van der Waals surface area contributed by atoms with Crippen molar-refractivity contribution < 1.29 is 24.5 Å². The fourth-order valence-corrected chi connectivity index (χ4v) is 5.03. The van der Waals surface area contributed by atoms with E-state index in [0.717, 1.165) is 29.7 Å². The molecule has 6 nitrogen and oxygen atoms in total. The van der Waals surface area contributed by atoms with Crippen molar-refractivity contribution in [3.8, 4) is 11.5 Å². The molecule has 182 valence electrons. The van der Waals surface area contributed by atoms with Crippen molar-refractivity contribution in [3.05, 3.63) is 71.8 Å². The molecule has 5 atom stereocenters. The molecular weight excluding hydrogens is 430 g/mol. The summed E-state index contributed by atoms with van der Waals surface area (Å²) in [6.45, 7) is 5.86. The molecule has 4 rings (SSSR count). The smallest absolute Gasteiger partial charge is 0.216 e. The van der Waals surface area contributed by atoms with Crippen LogP contribution < -0.4 is 14.8 Å². The Labute approximate surface area is 201 Å². The number of carbonyl (C=O) groups is 1. The lowest BCUT2D eigenvalue weighted by Crippen LogP contribution is -2.41. The van der Waals surface area contributed by atoms with Crippen LogP contribution in [0.15, 0.2) is 60.7 Å². The second-order valence-electron chi connectivity index (χ2n) is 9.83. The summed E-state index contributed by atoms with van der Waals surface area (Å²) in [5.74, 6) is 1.49. The molecule has 0 bridgehead atoms. The SMILES string of the molecule is CC(=O)NCCCc1cccc2c1O[C@H]1C[C@@H](O)[C@H](/C=C/[C@@H](O)C(C)(C)Oc3ccccc3)[C@@H]21. The van der Waals surface area contributed by atoms with Crippen molar-refractivity contribution >= 4 is 5.91 Å². The van der Waals surface area contributed by atoms with Crippen LogP contribution in [0.1, 0.15) is 50.7 Å². The number of fused-ring (bicyclic) bond motifs is 3. The van der Waals surface area contributed by atoms with Crippen LogP contribution in [0.2, 0.25) is 0 Å². The number of hydrogen-bond acceptors (Lipinski definition) is 5. The fraction of sp³-hybridized carbons (Fsp3) is 0.464. The number of benzene rings is 2. The van der Waals surface area contributed by atoms with Crippen LogP contribution in [0.25, 0.3) is 0 Å². The van der Waals surface area contributed by atoms with Gasteiger partial charge >= 0.3 is 0 Å². The quantitative estimate of drug-likeness (QED) is 0.388. The maximum atomic E-state index is 11.1. The van der Waals surface area contributed by atoms with Crippen LogP contribution in [0.3, 0.4) is 0 Å². The van der Waals surface area contributed by atoms with E-state index in [1.54, 1.807) is 6.08 Å². The summed E-state index contributed by atoms with van der Waals surface area (Å²) in [4.78, 5) is 11.1. The number of nitrogens with one attached hydrogen (secondary N) is 1. The zero-order valence-corrected chi connectivity index (χ0v) is 20.1. The molecule has 1 amide bonds. The second kappa shape index (κ2) is 10.2. The number of aliphatic hydroxyl groups is 2. The summed E-state index contributed by atoms with van der Waals surface area (Å²) in [6.07, 6.45) is 4.42. The third-order valence-corrected chi connectivity index (χ3v) is 6.84. The highest BCUT2D eigenvalue weighted by Crippen LogP contribution is 2.52. The summed E-state index contributed by atoms with van der Waals surface area (Å²) in [5.41, 5.74) is 1.42. The molecule has 0 spiro atoms. The summed E-state index contributed by atoms with van der Waals surface area (Å²) in [5, 5.41) is 24.5. The molecule has 2 aromatic rings. The van der Waals surface area contributed by atoms with Gasteiger partial charge in [0, 0.05) is 37.3 Å². The number of hydrogen-bond donors (Lipinski definition) is 3. The van der Waals surface area contributed by atoms with Gasteiger partial charge in [-0.25, -0.2) is 0 Å². The molecule has 34 heavy (non-hydrogen) atoms. The van der Waals surface area contributed by atoms with Crippen molar-refractivity contribution in [2.75, 3.05) is 6.54 Å². The standard InChI is InChI=1S/C28H35NO5/c1-18(30)29-16-8-10-19-9-7-13-22-26-21(23(31)17-24(26)33-27(19)22)14-15-25(32)28(2,3)34-20-11-5-4-6-12-20/h4-7,9,11-15,21,23-26,31-32H,8,10,16-17H2,1-3H3,(H,29,30)/b15-14+/t21-,23+,24-,25+,26-/m0/s1. The number of rotatable bonds is 9. The van der Waals surface area contributed by atoms with E-state index in [1.165, 1.54) is 6.92 Å². The van der Waals surface area contributed by atoms with E-state index in [-0.39, 0.29) is 23.8 Å². The van der Waals surface area contributed by atoms with Gasteiger partial charge in [0.1, 0.15) is 29.3 Å². The molecule has 0 saturated heterocycles. The molecule has 2 aliphatic rings. The topological polar surface area (TPSA) is 88.0 Å². The van der Waals surface area contributed by atoms with E-state index in [1.807, 2.05) is 56.3 Å². The van der Waals surface area contributed by atoms with Crippen LogP contribution >= 0.6 is 0 Å². The van der Waals surface area contributed by atoms with E-state index in [9.17, 15) is 15.0 Å². The van der Waals surface area contributed by atoms with Gasteiger partial charge in [-0.05, 0) is 44.4 Å². The summed E-state index contributed by atoms with van der Waals surface area (Å²) < 4.78 is 12.3. The van der Waals surface area contributed by atoms with Gasteiger partial charge in [-0.1, -0.05) is 48.6 Å². The maximum absolute atomic E-state index is 11.1. The zero-order chi connectivity index (χ0) is 24.3.